The Labute approximate surface area is 199 Å². The highest BCUT2D eigenvalue weighted by Gasteiger charge is 2.31. The zero-order valence-corrected chi connectivity index (χ0v) is 19.8. The highest BCUT2D eigenvalue weighted by molar-refractivity contribution is 5.62. The van der Waals surface area contributed by atoms with Crippen LogP contribution in [0.25, 0.3) is 0 Å². The molecule has 34 heavy (non-hydrogen) atoms. The molecule has 186 valence electrons. The van der Waals surface area contributed by atoms with Gasteiger partial charge >= 0.3 is 6.18 Å². The number of benzene rings is 2. The molecule has 0 aliphatic carbocycles. The Morgan fingerprint density at radius 2 is 1.71 bits per heavy atom. The third-order valence-electron chi connectivity index (χ3n) is 6.30. The van der Waals surface area contributed by atoms with Gasteiger partial charge < -0.3 is 19.5 Å². The maximum atomic E-state index is 12.8. The van der Waals surface area contributed by atoms with Gasteiger partial charge in [-0.1, -0.05) is 38.1 Å². The first-order valence-electron chi connectivity index (χ1n) is 11.8. The van der Waals surface area contributed by atoms with Crippen molar-refractivity contribution in [1.29, 1.82) is 0 Å². The number of aldehydes is 1. The molecule has 0 bridgehead atoms. The van der Waals surface area contributed by atoms with Crippen LogP contribution in [0, 0.1) is 17.8 Å². The van der Waals surface area contributed by atoms with E-state index in [4.69, 9.17) is 4.74 Å². The van der Waals surface area contributed by atoms with Gasteiger partial charge in [0.1, 0.15) is 12.0 Å². The van der Waals surface area contributed by atoms with Gasteiger partial charge in [-0.15, -0.1) is 0 Å². The van der Waals surface area contributed by atoms with Crippen molar-refractivity contribution in [2.45, 2.75) is 38.8 Å². The van der Waals surface area contributed by atoms with Gasteiger partial charge in [0.2, 0.25) is 0 Å². The summed E-state index contributed by atoms with van der Waals surface area (Å²) in [5.74, 6) is 0.864. The van der Waals surface area contributed by atoms with Crippen LogP contribution in [0.3, 0.4) is 0 Å². The maximum Gasteiger partial charge on any atom is 0.416 e. The third-order valence-corrected chi connectivity index (χ3v) is 6.30. The molecule has 0 radical (unpaired) electrons. The summed E-state index contributed by atoms with van der Waals surface area (Å²) in [5.41, 5.74) is 1.52. The first kappa shape index (κ1) is 26.2. The summed E-state index contributed by atoms with van der Waals surface area (Å²) in [6.07, 6.45) is -1.63. The number of aliphatic hydroxyl groups excluding tert-OH is 1. The van der Waals surface area contributed by atoms with Gasteiger partial charge in [-0.25, -0.2) is 0 Å². The third kappa shape index (κ3) is 7.57. The molecular formula is C27H34F3NO3. The zero-order chi connectivity index (χ0) is 24.7. The number of likely N-dealkylation sites (tertiary alicyclic amines) is 1. The first-order chi connectivity index (χ1) is 16.2. The molecule has 2 aromatic rings. The molecule has 1 saturated heterocycles. The SMILES string of the molecule is CC(C)Cc1ccc([C@H](C=O)CN2CC(CO)CC(COc3ccc(C(F)(F)F)cc3)C2)cc1. The number of carbonyl (C=O) groups excluding carboxylic acids is 1. The second-order valence-electron chi connectivity index (χ2n) is 9.78. The minimum absolute atomic E-state index is 0.0446. The molecule has 2 unspecified atom stereocenters. The molecule has 2 aromatic carbocycles. The summed E-state index contributed by atoms with van der Waals surface area (Å²) in [4.78, 5) is 14.1. The van der Waals surface area contributed by atoms with Crippen LogP contribution in [0.15, 0.2) is 48.5 Å². The van der Waals surface area contributed by atoms with Crippen molar-refractivity contribution >= 4 is 6.29 Å². The molecule has 0 aromatic heterocycles. The van der Waals surface area contributed by atoms with E-state index in [9.17, 15) is 23.1 Å². The number of halogens is 3. The van der Waals surface area contributed by atoms with E-state index < -0.39 is 11.7 Å². The fourth-order valence-corrected chi connectivity index (χ4v) is 4.66. The standard InChI is InChI=1S/C27H34F3NO3/c1-19(2)11-20-3-5-23(6-4-20)24(17-33)15-31-13-21(16-32)12-22(14-31)18-34-26-9-7-25(8-10-26)27(28,29)30/h3-10,17,19,21-22,24,32H,11-16,18H2,1-2H3/t21?,22?,24-/m0/s1. The van der Waals surface area contributed by atoms with E-state index in [0.29, 0.717) is 37.9 Å². The largest absolute Gasteiger partial charge is 0.493 e. The normalized spacial score (nSPS) is 20.3. The predicted octanol–water partition coefficient (Wildman–Crippen LogP) is 5.20. The number of nitrogens with zero attached hydrogens (tertiary/aromatic N) is 1. The van der Waals surface area contributed by atoms with Crippen molar-refractivity contribution in [3.05, 3.63) is 65.2 Å². The minimum atomic E-state index is -4.37. The zero-order valence-electron chi connectivity index (χ0n) is 19.8. The molecule has 4 nitrogen and oxygen atoms in total. The van der Waals surface area contributed by atoms with E-state index in [0.717, 1.165) is 36.8 Å². The Balaban J connectivity index is 1.59. The summed E-state index contributed by atoms with van der Waals surface area (Å²) in [5, 5.41) is 9.79. The summed E-state index contributed by atoms with van der Waals surface area (Å²) in [6, 6.07) is 12.9. The number of rotatable bonds is 10. The van der Waals surface area contributed by atoms with Crippen molar-refractivity contribution < 1.29 is 27.8 Å². The lowest BCUT2D eigenvalue weighted by atomic mass is 9.88. The first-order valence-corrected chi connectivity index (χ1v) is 11.8. The Hall–Kier alpha value is -2.38. The number of hydrogen-bond donors (Lipinski definition) is 1. The number of piperidine rings is 1. The lowest BCUT2D eigenvalue weighted by Gasteiger charge is -2.38. The molecule has 0 saturated carbocycles. The molecule has 3 rings (SSSR count). The highest BCUT2D eigenvalue weighted by Crippen LogP contribution is 2.31. The molecule has 0 spiro atoms. The molecular weight excluding hydrogens is 443 g/mol. The summed E-state index contributed by atoms with van der Waals surface area (Å²) >= 11 is 0. The van der Waals surface area contributed by atoms with Gasteiger partial charge in [-0.3, -0.25) is 0 Å². The second kappa shape index (κ2) is 11.8. The van der Waals surface area contributed by atoms with Crippen LogP contribution < -0.4 is 4.74 Å². The Bertz CT molecular complexity index is 897. The molecule has 0 amide bonds. The van der Waals surface area contributed by atoms with E-state index in [1.165, 1.54) is 17.7 Å². The second-order valence-corrected chi connectivity index (χ2v) is 9.78. The van der Waals surface area contributed by atoms with Crippen molar-refractivity contribution in [1.82, 2.24) is 4.90 Å². The van der Waals surface area contributed by atoms with E-state index in [2.05, 4.69) is 30.9 Å². The van der Waals surface area contributed by atoms with Gasteiger partial charge in [0.05, 0.1) is 18.1 Å². The van der Waals surface area contributed by atoms with Crippen molar-refractivity contribution in [2.24, 2.45) is 17.8 Å². The van der Waals surface area contributed by atoms with E-state index >= 15 is 0 Å². The van der Waals surface area contributed by atoms with E-state index in [1.54, 1.807) is 0 Å². The highest BCUT2D eigenvalue weighted by atomic mass is 19.4. The fourth-order valence-electron chi connectivity index (χ4n) is 4.66. The number of aliphatic hydroxyl groups is 1. The van der Waals surface area contributed by atoms with E-state index in [-0.39, 0.29) is 24.4 Å². The summed E-state index contributed by atoms with van der Waals surface area (Å²) in [7, 11) is 0. The van der Waals surface area contributed by atoms with Crippen LogP contribution in [0.1, 0.15) is 42.9 Å². The average Bonchev–Trinajstić information content (AvgIpc) is 2.81. The molecule has 1 aliphatic heterocycles. The fraction of sp³-hybridized carbons (Fsp3) is 0.519. The molecule has 1 fully saturated rings. The van der Waals surface area contributed by atoms with Crippen molar-refractivity contribution in [2.75, 3.05) is 32.8 Å². The van der Waals surface area contributed by atoms with Crippen LogP contribution in [0.2, 0.25) is 0 Å². The minimum Gasteiger partial charge on any atom is -0.493 e. The van der Waals surface area contributed by atoms with Crippen LogP contribution in [-0.2, 0) is 17.4 Å². The van der Waals surface area contributed by atoms with Gasteiger partial charge in [-0.2, -0.15) is 13.2 Å². The number of alkyl halides is 3. The van der Waals surface area contributed by atoms with Crippen LogP contribution in [0.4, 0.5) is 13.2 Å². The molecule has 1 aliphatic rings. The number of ether oxygens (including phenoxy) is 1. The summed E-state index contributed by atoms with van der Waals surface area (Å²) in [6.45, 7) is 6.69. The lowest BCUT2D eigenvalue weighted by Crippen LogP contribution is -2.45. The Kier molecular flexibility index (Phi) is 9.14. The van der Waals surface area contributed by atoms with Crippen molar-refractivity contribution in [3.63, 3.8) is 0 Å². The van der Waals surface area contributed by atoms with Crippen LogP contribution in [-0.4, -0.2) is 49.1 Å². The van der Waals surface area contributed by atoms with Crippen LogP contribution >= 0.6 is 0 Å². The molecule has 3 atom stereocenters. The van der Waals surface area contributed by atoms with Gasteiger partial charge in [0.25, 0.3) is 0 Å². The number of carbonyl (C=O) groups is 1. The smallest absolute Gasteiger partial charge is 0.416 e. The topological polar surface area (TPSA) is 49.8 Å². The number of hydrogen-bond acceptors (Lipinski definition) is 4. The molecule has 1 N–H and O–H groups in total. The van der Waals surface area contributed by atoms with E-state index in [1.807, 2.05) is 12.1 Å². The van der Waals surface area contributed by atoms with Crippen LogP contribution in [0.5, 0.6) is 5.75 Å². The quantitative estimate of drug-likeness (QED) is 0.478. The Morgan fingerprint density at radius 1 is 1.06 bits per heavy atom. The summed E-state index contributed by atoms with van der Waals surface area (Å²) < 4.78 is 44.0. The van der Waals surface area contributed by atoms with Gasteiger partial charge in [-0.05, 0) is 60.1 Å². The maximum absolute atomic E-state index is 12.8. The molecule has 1 heterocycles. The average molecular weight is 478 g/mol. The molecule has 7 heteroatoms. The van der Waals surface area contributed by atoms with Crippen molar-refractivity contribution in [3.8, 4) is 5.75 Å². The van der Waals surface area contributed by atoms with Gasteiger partial charge in [0, 0.05) is 32.2 Å². The Morgan fingerprint density at radius 3 is 2.26 bits per heavy atom. The predicted molar refractivity (Wildman–Crippen MR) is 126 cm³/mol. The monoisotopic (exact) mass is 477 g/mol. The lowest BCUT2D eigenvalue weighted by molar-refractivity contribution is -0.137. The van der Waals surface area contributed by atoms with Gasteiger partial charge in [0.15, 0.2) is 0 Å².